The van der Waals surface area contributed by atoms with Gasteiger partial charge in [0.25, 0.3) is 5.91 Å². The maximum Gasteiger partial charge on any atom is 0.255 e. The van der Waals surface area contributed by atoms with Crippen molar-refractivity contribution in [2.24, 2.45) is 0 Å². The normalized spacial score (nSPS) is 22.4. The topological polar surface area (TPSA) is 20.3 Å². The molecule has 1 amide bonds. The summed E-state index contributed by atoms with van der Waals surface area (Å²) < 4.78 is 14.2. The maximum absolute atomic E-state index is 14.2. The molecule has 2 nitrogen and oxygen atoms in total. The van der Waals surface area contributed by atoms with Crippen molar-refractivity contribution in [2.45, 2.75) is 31.1 Å². The van der Waals surface area contributed by atoms with Gasteiger partial charge in [-0.25, -0.2) is 4.39 Å². The minimum atomic E-state index is -0.440. The molecule has 1 aromatic carbocycles. The lowest BCUT2D eigenvalue weighted by Crippen LogP contribution is -2.34. The summed E-state index contributed by atoms with van der Waals surface area (Å²) in [7, 11) is 0. The molecular weight excluding hydrogens is 297 g/mol. The van der Waals surface area contributed by atoms with Crippen molar-refractivity contribution in [1.82, 2.24) is 0 Å². The number of nitrogens with zero attached hydrogens (tertiary/aromatic N) is 1. The third-order valence-corrected chi connectivity index (χ3v) is 5.09. The van der Waals surface area contributed by atoms with Gasteiger partial charge in [0.1, 0.15) is 11.2 Å². The zero-order valence-electron chi connectivity index (χ0n) is 11.2. The molecule has 0 spiro atoms. The smallest absolute Gasteiger partial charge is 0.255 e. The molecule has 1 heterocycles. The van der Waals surface area contributed by atoms with Crippen molar-refractivity contribution in [3.05, 3.63) is 40.2 Å². The van der Waals surface area contributed by atoms with Gasteiger partial charge in [-0.15, -0.1) is 11.8 Å². The predicted octanol–water partition coefficient (Wildman–Crippen LogP) is 4.39. The third kappa shape index (κ3) is 2.15. The van der Waals surface area contributed by atoms with Crippen molar-refractivity contribution >= 4 is 35.0 Å². The summed E-state index contributed by atoms with van der Waals surface area (Å²) in [5.41, 5.74) is 2.40. The molecule has 0 radical (unpaired) electrons. The molecule has 0 saturated heterocycles. The minimum Gasteiger partial charge on any atom is -0.289 e. The van der Waals surface area contributed by atoms with Gasteiger partial charge in [-0.05, 0) is 55.7 Å². The Kier molecular flexibility index (Phi) is 3.78. The highest BCUT2D eigenvalue weighted by atomic mass is 35.5. The lowest BCUT2D eigenvalue weighted by molar-refractivity contribution is -0.114. The Morgan fingerprint density at radius 2 is 2.10 bits per heavy atom. The number of amides is 1. The van der Waals surface area contributed by atoms with Crippen LogP contribution in [-0.2, 0) is 4.79 Å². The van der Waals surface area contributed by atoms with Crippen LogP contribution < -0.4 is 4.90 Å². The molecule has 106 valence electrons. The highest BCUT2D eigenvalue weighted by molar-refractivity contribution is 7.99. The third-order valence-electron chi connectivity index (χ3n) is 3.91. The first kappa shape index (κ1) is 14.0. The van der Waals surface area contributed by atoms with Gasteiger partial charge in [0.15, 0.2) is 0 Å². The Bertz CT molecular complexity index is 602. The second-order valence-electron chi connectivity index (χ2n) is 5.07. The van der Waals surface area contributed by atoms with Crippen LogP contribution in [0.5, 0.6) is 0 Å². The van der Waals surface area contributed by atoms with Crippen molar-refractivity contribution in [3.63, 3.8) is 0 Å². The molecule has 0 aromatic heterocycles. The summed E-state index contributed by atoms with van der Waals surface area (Å²) in [6, 6.07) is 4.48. The largest absolute Gasteiger partial charge is 0.289 e. The van der Waals surface area contributed by atoms with E-state index in [1.807, 2.05) is 6.26 Å². The number of anilines is 1. The lowest BCUT2D eigenvalue weighted by atomic mass is 9.94. The Morgan fingerprint density at radius 1 is 1.35 bits per heavy atom. The fourth-order valence-corrected chi connectivity index (χ4v) is 4.14. The van der Waals surface area contributed by atoms with Gasteiger partial charge in [0.05, 0.1) is 5.69 Å². The van der Waals surface area contributed by atoms with E-state index in [4.69, 9.17) is 11.6 Å². The summed E-state index contributed by atoms with van der Waals surface area (Å²) in [6.45, 7) is 0. The molecule has 5 heteroatoms. The Hall–Kier alpha value is -1.00. The van der Waals surface area contributed by atoms with Gasteiger partial charge in [0.2, 0.25) is 0 Å². The monoisotopic (exact) mass is 311 g/mol. The summed E-state index contributed by atoms with van der Waals surface area (Å²) in [4.78, 5) is 14.2. The summed E-state index contributed by atoms with van der Waals surface area (Å²) in [5, 5.41) is 0.268. The molecule has 0 fully saturated rings. The molecular formula is C15H15ClFNOS. The number of carbonyl (C=O) groups excluding carboxylic acids is 1. The van der Waals surface area contributed by atoms with E-state index < -0.39 is 5.82 Å². The molecule has 0 N–H and O–H groups in total. The van der Waals surface area contributed by atoms with E-state index in [0.717, 1.165) is 31.3 Å². The number of hydrogen-bond donors (Lipinski definition) is 0. The molecule has 1 aliphatic carbocycles. The van der Waals surface area contributed by atoms with Crippen LogP contribution in [0.3, 0.4) is 0 Å². The van der Waals surface area contributed by atoms with Crippen molar-refractivity contribution in [2.75, 3.05) is 11.2 Å². The van der Waals surface area contributed by atoms with Crippen LogP contribution in [0.4, 0.5) is 10.1 Å². The fraction of sp³-hybridized carbons (Fsp3) is 0.400. The van der Waals surface area contributed by atoms with Crippen molar-refractivity contribution < 1.29 is 9.18 Å². The molecule has 20 heavy (non-hydrogen) atoms. The van der Waals surface area contributed by atoms with Crippen LogP contribution in [0.2, 0.25) is 5.02 Å². The first-order valence-corrected chi connectivity index (χ1v) is 8.33. The van der Waals surface area contributed by atoms with E-state index >= 15 is 0 Å². The molecule has 0 bridgehead atoms. The van der Waals surface area contributed by atoms with E-state index in [0.29, 0.717) is 10.7 Å². The molecule has 0 saturated carbocycles. The van der Waals surface area contributed by atoms with E-state index in [-0.39, 0.29) is 11.3 Å². The van der Waals surface area contributed by atoms with Crippen LogP contribution in [0, 0.1) is 5.82 Å². The van der Waals surface area contributed by atoms with E-state index in [1.54, 1.807) is 28.8 Å². The minimum absolute atomic E-state index is 0.0414. The molecule has 2 aliphatic rings. The van der Waals surface area contributed by atoms with Crippen LogP contribution in [0.15, 0.2) is 29.3 Å². The van der Waals surface area contributed by atoms with E-state index in [2.05, 4.69) is 0 Å². The van der Waals surface area contributed by atoms with Gasteiger partial charge in [-0.3, -0.25) is 9.69 Å². The Labute approximate surface area is 127 Å². The zero-order chi connectivity index (χ0) is 14.3. The van der Waals surface area contributed by atoms with Gasteiger partial charge in [-0.1, -0.05) is 11.6 Å². The highest BCUT2D eigenvalue weighted by Crippen LogP contribution is 2.43. The number of halogens is 2. The number of hydrogen-bond acceptors (Lipinski definition) is 2. The lowest BCUT2D eigenvalue weighted by Gasteiger charge is -2.26. The number of rotatable bonds is 2. The molecule has 3 rings (SSSR count). The average Bonchev–Trinajstić information content (AvgIpc) is 2.72. The quantitative estimate of drug-likeness (QED) is 0.807. The van der Waals surface area contributed by atoms with Crippen LogP contribution >= 0.6 is 23.4 Å². The number of thioether (sulfide) groups is 1. The highest BCUT2D eigenvalue weighted by Gasteiger charge is 2.40. The van der Waals surface area contributed by atoms with Crippen LogP contribution in [-0.4, -0.2) is 17.5 Å². The molecule has 1 aromatic rings. The second kappa shape index (κ2) is 5.41. The standard InChI is InChI=1S/C15H15ClFNOS/c1-20-15-11-5-3-2-4-10(11)14(19)18(15)13-7-6-9(16)8-12(13)17/h6-8,15H,2-5H2,1H3. The molecule has 1 aliphatic heterocycles. The summed E-state index contributed by atoms with van der Waals surface area (Å²) in [5.74, 6) is -0.481. The van der Waals surface area contributed by atoms with E-state index in [1.165, 1.54) is 11.6 Å². The van der Waals surface area contributed by atoms with Gasteiger partial charge in [-0.2, -0.15) is 0 Å². The average molecular weight is 312 g/mol. The maximum atomic E-state index is 14.2. The molecule has 1 atom stereocenters. The number of carbonyl (C=O) groups is 1. The first-order chi connectivity index (χ1) is 9.63. The van der Waals surface area contributed by atoms with Crippen molar-refractivity contribution in [1.29, 1.82) is 0 Å². The van der Waals surface area contributed by atoms with Gasteiger partial charge < -0.3 is 0 Å². The second-order valence-corrected chi connectivity index (χ2v) is 6.42. The Balaban J connectivity index is 2.04. The van der Waals surface area contributed by atoms with Crippen LogP contribution in [0.25, 0.3) is 0 Å². The number of benzene rings is 1. The SMILES string of the molecule is CSC1C2=C(CCCC2)C(=O)N1c1ccc(Cl)cc1F. The summed E-state index contributed by atoms with van der Waals surface area (Å²) in [6.07, 6.45) is 5.88. The first-order valence-electron chi connectivity index (χ1n) is 6.67. The van der Waals surface area contributed by atoms with E-state index in [9.17, 15) is 9.18 Å². The zero-order valence-corrected chi connectivity index (χ0v) is 12.7. The van der Waals surface area contributed by atoms with Crippen LogP contribution in [0.1, 0.15) is 25.7 Å². The predicted molar refractivity (Wildman–Crippen MR) is 81.7 cm³/mol. The fourth-order valence-electron chi connectivity index (χ4n) is 3.01. The van der Waals surface area contributed by atoms with Gasteiger partial charge in [0, 0.05) is 10.6 Å². The Morgan fingerprint density at radius 3 is 2.80 bits per heavy atom. The van der Waals surface area contributed by atoms with Gasteiger partial charge >= 0.3 is 0 Å². The van der Waals surface area contributed by atoms with Crippen molar-refractivity contribution in [3.8, 4) is 0 Å². The molecule has 1 unspecified atom stereocenters. The summed E-state index contributed by atoms with van der Waals surface area (Å²) >= 11 is 7.38.